The first-order valence-corrected chi connectivity index (χ1v) is 22.2. The average molecular weight is 924 g/mol. The van der Waals surface area contributed by atoms with Gasteiger partial charge in [0, 0.05) is 43.6 Å². The minimum atomic E-state index is -0.216. The molecule has 1 aliphatic carbocycles. The molecule has 0 radical (unpaired) electrons. The highest BCUT2D eigenvalue weighted by atomic mass is 79.9. The lowest BCUT2D eigenvalue weighted by molar-refractivity contribution is 0.0977. The third-order valence-corrected chi connectivity index (χ3v) is 10.5. The zero-order valence-corrected chi connectivity index (χ0v) is 34.6. The standard InChI is InChI=1S/C38H52Br4O6/c39-17-9-1-5-13-21-45-33-25-29-30(26-34(33)46-22-14-6-2-10-18-40)38(44)32-28-36(48-24-16-8-4-12-20-42)35(27-31(32)37(29)43)47-23-15-7-3-11-19-41/h25-28H,1-24H2. The van der Waals surface area contributed by atoms with Crippen LogP contribution in [0.4, 0.5) is 0 Å². The van der Waals surface area contributed by atoms with Crippen LogP contribution in [-0.4, -0.2) is 59.3 Å². The van der Waals surface area contributed by atoms with E-state index in [0.717, 1.165) is 124 Å². The van der Waals surface area contributed by atoms with Gasteiger partial charge in [0.05, 0.1) is 26.4 Å². The van der Waals surface area contributed by atoms with Crippen LogP contribution < -0.4 is 18.9 Å². The lowest BCUT2D eigenvalue weighted by atomic mass is 9.83. The molecule has 10 heteroatoms. The molecule has 0 bridgehead atoms. The van der Waals surface area contributed by atoms with Gasteiger partial charge in [0.1, 0.15) is 0 Å². The number of hydrogen-bond acceptors (Lipinski definition) is 6. The maximum atomic E-state index is 14.0. The molecule has 0 saturated carbocycles. The Morgan fingerprint density at radius 2 is 0.542 bits per heavy atom. The third kappa shape index (κ3) is 13.9. The Hall–Kier alpha value is -1.10. The van der Waals surface area contributed by atoms with Gasteiger partial charge in [-0.25, -0.2) is 0 Å². The molecule has 0 spiro atoms. The van der Waals surface area contributed by atoms with E-state index in [0.29, 0.717) is 71.7 Å². The Kier molecular flexibility index (Phi) is 21.5. The molecule has 0 atom stereocenters. The Balaban J connectivity index is 1.85. The van der Waals surface area contributed by atoms with Crippen molar-refractivity contribution in [3.05, 3.63) is 46.5 Å². The van der Waals surface area contributed by atoms with E-state index in [1.807, 2.05) is 0 Å². The van der Waals surface area contributed by atoms with Crippen molar-refractivity contribution in [2.75, 3.05) is 47.7 Å². The number of halogens is 4. The van der Waals surface area contributed by atoms with E-state index in [2.05, 4.69) is 63.7 Å². The lowest BCUT2D eigenvalue weighted by Gasteiger charge is -2.23. The quantitative estimate of drug-likeness (QED) is 0.0534. The topological polar surface area (TPSA) is 71.1 Å². The van der Waals surface area contributed by atoms with Crippen LogP contribution in [0.2, 0.25) is 0 Å². The van der Waals surface area contributed by atoms with E-state index in [-0.39, 0.29) is 11.6 Å². The second-order valence-corrected chi connectivity index (χ2v) is 15.3. The van der Waals surface area contributed by atoms with Crippen LogP contribution in [0, 0.1) is 0 Å². The molecule has 0 aromatic heterocycles. The maximum absolute atomic E-state index is 14.0. The molecular formula is C38H52Br4O6. The Bertz CT molecular complexity index is 1070. The fraction of sp³-hybridized carbons (Fsp3) is 0.632. The Labute approximate surface area is 321 Å². The van der Waals surface area contributed by atoms with Gasteiger partial charge in [-0.1, -0.05) is 115 Å². The molecule has 48 heavy (non-hydrogen) atoms. The van der Waals surface area contributed by atoms with Crippen LogP contribution in [0.1, 0.15) is 135 Å². The lowest BCUT2D eigenvalue weighted by Crippen LogP contribution is -2.22. The van der Waals surface area contributed by atoms with Gasteiger partial charge >= 0.3 is 0 Å². The summed E-state index contributed by atoms with van der Waals surface area (Å²) in [6, 6.07) is 6.83. The highest BCUT2D eigenvalue weighted by Crippen LogP contribution is 2.40. The predicted molar refractivity (Wildman–Crippen MR) is 211 cm³/mol. The zero-order chi connectivity index (χ0) is 34.4. The van der Waals surface area contributed by atoms with E-state index in [4.69, 9.17) is 18.9 Å². The largest absolute Gasteiger partial charge is 0.490 e. The summed E-state index contributed by atoms with van der Waals surface area (Å²) in [6.07, 6.45) is 16.9. The number of benzene rings is 2. The molecule has 6 nitrogen and oxygen atoms in total. The van der Waals surface area contributed by atoms with Crippen LogP contribution in [0.3, 0.4) is 0 Å². The van der Waals surface area contributed by atoms with Crippen LogP contribution in [0.15, 0.2) is 24.3 Å². The number of carbonyl (C=O) groups excluding carboxylic acids is 2. The first-order chi connectivity index (χ1) is 23.5. The fourth-order valence-electron chi connectivity index (χ4n) is 5.54. The normalized spacial score (nSPS) is 12.2. The highest BCUT2D eigenvalue weighted by Gasteiger charge is 2.33. The molecular weight excluding hydrogens is 872 g/mol. The molecule has 2 aromatic carbocycles. The summed E-state index contributed by atoms with van der Waals surface area (Å²) in [7, 11) is 0. The van der Waals surface area contributed by atoms with E-state index in [1.54, 1.807) is 24.3 Å². The first-order valence-electron chi connectivity index (χ1n) is 17.8. The molecule has 0 saturated heterocycles. The number of fused-ring (bicyclic) bond motifs is 2. The van der Waals surface area contributed by atoms with Gasteiger partial charge in [-0.2, -0.15) is 0 Å². The second kappa shape index (κ2) is 25.0. The van der Waals surface area contributed by atoms with Crippen molar-refractivity contribution >= 4 is 75.3 Å². The van der Waals surface area contributed by atoms with Gasteiger partial charge in [0.15, 0.2) is 34.6 Å². The van der Waals surface area contributed by atoms with Gasteiger partial charge < -0.3 is 18.9 Å². The van der Waals surface area contributed by atoms with Gasteiger partial charge in [-0.05, 0) is 75.6 Å². The van der Waals surface area contributed by atoms with Gasteiger partial charge in [0.25, 0.3) is 0 Å². The minimum absolute atomic E-state index is 0.216. The first kappa shape index (κ1) is 41.3. The summed E-state index contributed by atoms with van der Waals surface area (Å²) in [5.41, 5.74) is 1.36. The van der Waals surface area contributed by atoms with E-state index >= 15 is 0 Å². The predicted octanol–water partition coefficient (Wildman–Crippen LogP) is 11.8. The number of hydrogen-bond donors (Lipinski definition) is 0. The van der Waals surface area contributed by atoms with Gasteiger partial charge in [-0.3, -0.25) is 9.59 Å². The second-order valence-electron chi connectivity index (χ2n) is 12.2. The summed E-state index contributed by atoms with van der Waals surface area (Å²) in [5.74, 6) is 1.62. The summed E-state index contributed by atoms with van der Waals surface area (Å²) in [5, 5.41) is 4.00. The van der Waals surface area contributed by atoms with E-state index < -0.39 is 0 Å². The summed E-state index contributed by atoms with van der Waals surface area (Å²) in [4.78, 5) is 28.1. The summed E-state index contributed by atoms with van der Waals surface area (Å²) in [6.45, 7) is 2.08. The monoisotopic (exact) mass is 920 g/mol. The van der Waals surface area contributed by atoms with Crippen LogP contribution in [0.5, 0.6) is 23.0 Å². The Morgan fingerprint density at radius 1 is 0.333 bits per heavy atom. The highest BCUT2D eigenvalue weighted by molar-refractivity contribution is 9.09. The molecule has 268 valence electrons. The van der Waals surface area contributed by atoms with Crippen molar-refractivity contribution in [3.8, 4) is 23.0 Å². The fourth-order valence-corrected chi connectivity index (χ4v) is 7.13. The zero-order valence-electron chi connectivity index (χ0n) is 28.2. The van der Waals surface area contributed by atoms with Crippen LogP contribution >= 0.6 is 63.7 Å². The van der Waals surface area contributed by atoms with Crippen molar-refractivity contribution < 1.29 is 28.5 Å². The summed E-state index contributed by atoms with van der Waals surface area (Å²) < 4.78 is 24.8. The van der Waals surface area contributed by atoms with Crippen LogP contribution in [0.25, 0.3) is 0 Å². The maximum Gasteiger partial charge on any atom is 0.194 e. The molecule has 0 N–H and O–H groups in total. The number of alkyl halides is 4. The minimum Gasteiger partial charge on any atom is -0.490 e. The van der Waals surface area contributed by atoms with Gasteiger partial charge in [0.2, 0.25) is 0 Å². The number of ether oxygens (including phenoxy) is 4. The van der Waals surface area contributed by atoms with Crippen molar-refractivity contribution in [2.24, 2.45) is 0 Å². The number of carbonyl (C=O) groups is 2. The van der Waals surface area contributed by atoms with E-state index in [1.165, 1.54) is 0 Å². The number of ketones is 2. The van der Waals surface area contributed by atoms with Gasteiger partial charge in [-0.15, -0.1) is 0 Å². The smallest absolute Gasteiger partial charge is 0.194 e. The third-order valence-electron chi connectivity index (χ3n) is 8.29. The van der Waals surface area contributed by atoms with E-state index in [9.17, 15) is 9.59 Å². The molecule has 1 aliphatic rings. The molecule has 2 aromatic rings. The molecule has 0 aliphatic heterocycles. The molecule has 3 rings (SSSR count). The van der Waals surface area contributed by atoms with Crippen LogP contribution in [-0.2, 0) is 0 Å². The van der Waals surface area contributed by atoms with Crippen molar-refractivity contribution in [3.63, 3.8) is 0 Å². The average Bonchev–Trinajstić information content (AvgIpc) is 3.10. The van der Waals surface area contributed by atoms with Crippen molar-refractivity contribution in [1.29, 1.82) is 0 Å². The molecule has 0 heterocycles. The molecule has 0 amide bonds. The summed E-state index contributed by atoms with van der Waals surface area (Å²) >= 11 is 14.0. The van der Waals surface area contributed by atoms with Crippen molar-refractivity contribution in [2.45, 2.75) is 103 Å². The molecule has 0 unspecified atom stereocenters. The Morgan fingerprint density at radius 3 is 0.750 bits per heavy atom. The number of unbranched alkanes of at least 4 members (excludes halogenated alkanes) is 12. The number of rotatable bonds is 28. The SMILES string of the molecule is O=C1c2cc(OCCCCCCBr)c(OCCCCCCBr)cc2C(=O)c2cc(OCCCCCCBr)c(OCCCCCCBr)cc21. The molecule has 0 fully saturated rings. The van der Waals surface area contributed by atoms with Crippen molar-refractivity contribution in [1.82, 2.24) is 0 Å².